The molecule has 1 aliphatic rings. The number of nitrogens with zero attached hydrogens (tertiary/aromatic N) is 2. The second kappa shape index (κ2) is 6.83. The van der Waals surface area contributed by atoms with Crippen molar-refractivity contribution in [3.05, 3.63) is 46.4 Å². The lowest BCUT2D eigenvalue weighted by Gasteiger charge is -2.30. The van der Waals surface area contributed by atoms with Gasteiger partial charge in [0.05, 0.1) is 30.3 Å². The first-order valence-corrected chi connectivity index (χ1v) is 7.93. The first-order chi connectivity index (χ1) is 11.1. The molecule has 1 aromatic heterocycles. The summed E-state index contributed by atoms with van der Waals surface area (Å²) >= 11 is 0. The average Bonchev–Trinajstić information content (AvgIpc) is 2.55. The summed E-state index contributed by atoms with van der Waals surface area (Å²) in [7, 11) is 0. The van der Waals surface area contributed by atoms with E-state index in [-0.39, 0.29) is 11.5 Å². The second-order valence-corrected chi connectivity index (χ2v) is 5.92. The van der Waals surface area contributed by atoms with Gasteiger partial charge in [-0.1, -0.05) is 26.0 Å². The van der Waals surface area contributed by atoms with Gasteiger partial charge in [0.2, 0.25) is 5.95 Å². The molecule has 0 radical (unpaired) electrons. The van der Waals surface area contributed by atoms with Crippen molar-refractivity contribution in [1.82, 2.24) is 9.97 Å². The van der Waals surface area contributed by atoms with Crippen molar-refractivity contribution >= 4 is 17.3 Å². The molecular formula is C17H22N4O2. The van der Waals surface area contributed by atoms with Crippen LogP contribution in [0.25, 0.3) is 0 Å². The molecule has 122 valence electrons. The van der Waals surface area contributed by atoms with Gasteiger partial charge in [-0.25, -0.2) is 4.98 Å². The van der Waals surface area contributed by atoms with E-state index in [1.807, 2.05) is 32.0 Å². The van der Waals surface area contributed by atoms with Gasteiger partial charge in [-0.2, -0.15) is 0 Å². The van der Waals surface area contributed by atoms with Gasteiger partial charge in [-0.15, -0.1) is 0 Å². The van der Waals surface area contributed by atoms with Gasteiger partial charge in [-0.05, 0) is 18.1 Å². The van der Waals surface area contributed by atoms with Gasteiger partial charge < -0.3 is 15.0 Å². The number of ether oxygens (including phenoxy) is 1. The molecule has 1 fully saturated rings. The van der Waals surface area contributed by atoms with Crippen molar-refractivity contribution in [2.75, 3.05) is 36.5 Å². The minimum atomic E-state index is -0.143. The number of morpholine rings is 1. The standard InChI is InChI=1S/C17H22N4O2/c1-12(2)14-11-16(22)20-17(19-14)18-13-5-3-4-6-15(13)21-7-9-23-10-8-21/h3-6,11-12H,7-10H2,1-2H3,(H2,18,19,20,22). The van der Waals surface area contributed by atoms with E-state index in [0.717, 1.165) is 43.4 Å². The van der Waals surface area contributed by atoms with Crippen molar-refractivity contribution in [1.29, 1.82) is 0 Å². The molecule has 2 aromatic rings. The maximum atomic E-state index is 11.8. The molecule has 0 atom stereocenters. The summed E-state index contributed by atoms with van der Waals surface area (Å²) in [5.74, 6) is 0.675. The summed E-state index contributed by atoms with van der Waals surface area (Å²) in [6.07, 6.45) is 0. The monoisotopic (exact) mass is 314 g/mol. The number of benzene rings is 1. The van der Waals surface area contributed by atoms with E-state index in [1.54, 1.807) is 6.07 Å². The molecule has 0 saturated carbocycles. The summed E-state index contributed by atoms with van der Waals surface area (Å²) in [5, 5.41) is 3.26. The molecule has 3 rings (SSSR count). The first kappa shape index (κ1) is 15.6. The number of anilines is 3. The van der Waals surface area contributed by atoms with Crippen LogP contribution in [0.15, 0.2) is 35.1 Å². The molecule has 0 amide bonds. The van der Waals surface area contributed by atoms with E-state index in [4.69, 9.17) is 4.74 Å². The zero-order valence-electron chi connectivity index (χ0n) is 13.5. The molecule has 0 bridgehead atoms. The van der Waals surface area contributed by atoms with Crippen LogP contribution in [0.2, 0.25) is 0 Å². The summed E-state index contributed by atoms with van der Waals surface area (Å²) in [5.41, 5.74) is 2.65. The number of aromatic nitrogens is 2. The minimum absolute atomic E-state index is 0.143. The Bertz CT molecular complexity index is 721. The lowest BCUT2D eigenvalue weighted by molar-refractivity contribution is 0.123. The summed E-state index contributed by atoms with van der Waals surface area (Å²) in [6.45, 7) is 7.21. The number of aromatic amines is 1. The largest absolute Gasteiger partial charge is 0.378 e. The van der Waals surface area contributed by atoms with Gasteiger partial charge in [0.25, 0.3) is 5.56 Å². The third-order valence-corrected chi connectivity index (χ3v) is 3.86. The van der Waals surface area contributed by atoms with Crippen LogP contribution < -0.4 is 15.8 Å². The van der Waals surface area contributed by atoms with Crippen LogP contribution in [0.5, 0.6) is 0 Å². The maximum absolute atomic E-state index is 11.8. The Balaban J connectivity index is 1.90. The predicted octanol–water partition coefficient (Wildman–Crippen LogP) is 2.47. The summed E-state index contributed by atoms with van der Waals surface area (Å²) < 4.78 is 5.42. The predicted molar refractivity (Wildman–Crippen MR) is 91.7 cm³/mol. The van der Waals surface area contributed by atoms with Crippen LogP contribution in [0, 0.1) is 0 Å². The average molecular weight is 314 g/mol. The number of hydrogen-bond donors (Lipinski definition) is 2. The van der Waals surface area contributed by atoms with Gasteiger partial charge in [0.1, 0.15) is 0 Å². The fraction of sp³-hybridized carbons (Fsp3) is 0.412. The van der Waals surface area contributed by atoms with Crippen molar-refractivity contribution in [3.63, 3.8) is 0 Å². The Kier molecular flexibility index (Phi) is 4.62. The molecule has 1 saturated heterocycles. The Morgan fingerprint density at radius 3 is 2.74 bits per heavy atom. The molecule has 6 heteroatoms. The van der Waals surface area contributed by atoms with E-state index in [2.05, 4.69) is 26.3 Å². The Morgan fingerprint density at radius 1 is 1.26 bits per heavy atom. The zero-order valence-corrected chi connectivity index (χ0v) is 13.5. The molecule has 2 heterocycles. The lowest BCUT2D eigenvalue weighted by Crippen LogP contribution is -2.36. The molecule has 0 aliphatic carbocycles. The van der Waals surface area contributed by atoms with Crippen LogP contribution in [0.1, 0.15) is 25.5 Å². The van der Waals surface area contributed by atoms with E-state index in [0.29, 0.717) is 5.95 Å². The van der Waals surface area contributed by atoms with Crippen molar-refractivity contribution < 1.29 is 4.74 Å². The second-order valence-electron chi connectivity index (χ2n) is 5.92. The van der Waals surface area contributed by atoms with Gasteiger partial charge >= 0.3 is 0 Å². The SMILES string of the molecule is CC(C)c1cc(=O)[nH]c(Nc2ccccc2N2CCOCC2)n1. The molecule has 0 unspecified atom stereocenters. The fourth-order valence-electron chi connectivity index (χ4n) is 2.62. The number of H-pyrrole nitrogens is 1. The van der Waals surface area contributed by atoms with E-state index < -0.39 is 0 Å². The Hall–Kier alpha value is -2.34. The Morgan fingerprint density at radius 2 is 2.00 bits per heavy atom. The van der Waals surface area contributed by atoms with Crippen molar-refractivity contribution in [2.45, 2.75) is 19.8 Å². The van der Waals surface area contributed by atoms with Gasteiger partial charge in [0, 0.05) is 19.2 Å². The van der Waals surface area contributed by atoms with Crippen LogP contribution in [-0.4, -0.2) is 36.3 Å². The fourth-order valence-corrected chi connectivity index (χ4v) is 2.62. The number of nitrogens with one attached hydrogen (secondary N) is 2. The molecule has 1 aliphatic heterocycles. The maximum Gasteiger partial charge on any atom is 0.252 e. The lowest BCUT2D eigenvalue weighted by atomic mass is 10.1. The van der Waals surface area contributed by atoms with E-state index >= 15 is 0 Å². The Labute approximate surface area is 135 Å². The zero-order chi connectivity index (χ0) is 16.2. The van der Waals surface area contributed by atoms with Gasteiger partial charge in [0.15, 0.2) is 0 Å². The quantitative estimate of drug-likeness (QED) is 0.907. The molecule has 0 spiro atoms. The highest BCUT2D eigenvalue weighted by molar-refractivity contribution is 5.73. The molecular weight excluding hydrogens is 292 g/mol. The van der Waals surface area contributed by atoms with E-state index in [9.17, 15) is 4.79 Å². The highest BCUT2D eigenvalue weighted by Crippen LogP contribution is 2.28. The summed E-state index contributed by atoms with van der Waals surface area (Å²) in [6, 6.07) is 9.59. The summed E-state index contributed by atoms with van der Waals surface area (Å²) in [4.78, 5) is 21.4. The molecule has 23 heavy (non-hydrogen) atoms. The van der Waals surface area contributed by atoms with Crippen molar-refractivity contribution in [3.8, 4) is 0 Å². The first-order valence-electron chi connectivity index (χ1n) is 7.93. The van der Waals surface area contributed by atoms with Crippen LogP contribution >= 0.6 is 0 Å². The smallest absolute Gasteiger partial charge is 0.252 e. The highest BCUT2D eigenvalue weighted by atomic mass is 16.5. The van der Waals surface area contributed by atoms with Crippen molar-refractivity contribution in [2.24, 2.45) is 0 Å². The number of hydrogen-bond acceptors (Lipinski definition) is 5. The third kappa shape index (κ3) is 3.71. The molecule has 2 N–H and O–H groups in total. The molecule has 6 nitrogen and oxygen atoms in total. The number of rotatable bonds is 4. The third-order valence-electron chi connectivity index (χ3n) is 3.86. The van der Waals surface area contributed by atoms with Gasteiger partial charge in [-0.3, -0.25) is 9.78 Å². The topological polar surface area (TPSA) is 70.2 Å². The van der Waals surface area contributed by atoms with Crippen LogP contribution in [0.3, 0.4) is 0 Å². The van der Waals surface area contributed by atoms with Crippen LogP contribution in [0.4, 0.5) is 17.3 Å². The number of para-hydroxylation sites is 2. The minimum Gasteiger partial charge on any atom is -0.378 e. The van der Waals surface area contributed by atoms with E-state index in [1.165, 1.54) is 0 Å². The highest BCUT2D eigenvalue weighted by Gasteiger charge is 2.15. The molecule has 1 aromatic carbocycles. The normalized spacial score (nSPS) is 15.0. The van der Waals surface area contributed by atoms with Crippen LogP contribution in [-0.2, 0) is 4.74 Å².